The zero-order valence-electron chi connectivity index (χ0n) is 10.9. The molecule has 19 heavy (non-hydrogen) atoms. The lowest BCUT2D eigenvalue weighted by Crippen LogP contribution is -2.19. The Balaban J connectivity index is 1.89. The van der Waals surface area contributed by atoms with Crippen LogP contribution in [0.25, 0.3) is 11.1 Å². The van der Waals surface area contributed by atoms with E-state index in [0.29, 0.717) is 23.8 Å². The first kappa shape index (κ1) is 11.6. The average Bonchev–Trinajstić information content (AvgIpc) is 2.96. The molecule has 2 aromatic heterocycles. The predicted molar refractivity (Wildman–Crippen MR) is 73.7 cm³/mol. The van der Waals surface area contributed by atoms with Crippen LogP contribution in [0.1, 0.15) is 5.82 Å². The molecular formula is C13H15N5O. The van der Waals surface area contributed by atoms with Crippen molar-refractivity contribution in [3.63, 3.8) is 0 Å². The molecule has 2 N–H and O–H groups in total. The van der Waals surface area contributed by atoms with Crippen molar-refractivity contribution in [3.05, 3.63) is 36.4 Å². The summed E-state index contributed by atoms with van der Waals surface area (Å²) in [5, 5.41) is 0. The SMILES string of the molecule is CN(Cc1nccn1C)c1nc2ccc(N)cc2o1. The van der Waals surface area contributed by atoms with Crippen LogP contribution >= 0.6 is 0 Å². The smallest absolute Gasteiger partial charge is 0.298 e. The van der Waals surface area contributed by atoms with Gasteiger partial charge in [0.25, 0.3) is 6.01 Å². The number of benzene rings is 1. The van der Waals surface area contributed by atoms with Crippen LogP contribution in [0, 0.1) is 0 Å². The molecule has 0 fully saturated rings. The predicted octanol–water partition coefficient (Wildman–Crippen LogP) is 1.78. The minimum Gasteiger partial charge on any atom is -0.423 e. The number of hydrogen-bond acceptors (Lipinski definition) is 5. The molecule has 0 aliphatic carbocycles. The van der Waals surface area contributed by atoms with Crippen molar-refractivity contribution < 1.29 is 4.42 Å². The van der Waals surface area contributed by atoms with Crippen LogP contribution in [0.2, 0.25) is 0 Å². The normalized spacial score (nSPS) is 11.1. The molecule has 6 nitrogen and oxygen atoms in total. The minimum absolute atomic E-state index is 0.559. The van der Waals surface area contributed by atoms with Gasteiger partial charge in [-0.15, -0.1) is 0 Å². The van der Waals surface area contributed by atoms with Gasteiger partial charge in [0, 0.05) is 38.2 Å². The molecule has 2 heterocycles. The number of rotatable bonds is 3. The molecule has 0 aliphatic rings. The zero-order chi connectivity index (χ0) is 13.4. The number of nitrogens with zero attached hydrogens (tertiary/aromatic N) is 4. The number of fused-ring (bicyclic) bond motifs is 1. The summed E-state index contributed by atoms with van der Waals surface area (Å²) in [6, 6.07) is 6.00. The molecule has 0 saturated carbocycles. The molecule has 3 rings (SSSR count). The Bertz CT molecular complexity index is 715. The number of aromatic nitrogens is 3. The quantitative estimate of drug-likeness (QED) is 0.724. The Labute approximate surface area is 110 Å². The molecule has 0 spiro atoms. The summed E-state index contributed by atoms with van der Waals surface area (Å²) in [4.78, 5) is 10.6. The first-order valence-corrected chi connectivity index (χ1v) is 5.97. The molecule has 3 aromatic rings. The lowest BCUT2D eigenvalue weighted by molar-refractivity contribution is 0.575. The van der Waals surface area contributed by atoms with Crippen molar-refractivity contribution in [2.75, 3.05) is 17.7 Å². The number of imidazole rings is 1. The Kier molecular flexibility index (Phi) is 2.63. The van der Waals surface area contributed by atoms with Crippen molar-refractivity contribution in [3.8, 4) is 0 Å². The first-order chi connectivity index (χ1) is 9.13. The number of aryl methyl sites for hydroxylation is 1. The fourth-order valence-electron chi connectivity index (χ4n) is 1.92. The molecule has 0 aliphatic heterocycles. The lowest BCUT2D eigenvalue weighted by Gasteiger charge is -2.13. The summed E-state index contributed by atoms with van der Waals surface area (Å²) in [6.45, 7) is 0.631. The fraction of sp³-hybridized carbons (Fsp3) is 0.231. The lowest BCUT2D eigenvalue weighted by atomic mass is 10.3. The van der Waals surface area contributed by atoms with Crippen LogP contribution in [0.4, 0.5) is 11.7 Å². The van der Waals surface area contributed by atoms with Gasteiger partial charge in [0.05, 0.1) is 6.54 Å². The largest absolute Gasteiger partial charge is 0.423 e. The number of oxazole rings is 1. The number of anilines is 2. The van der Waals surface area contributed by atoms with Crippen LogP contribution in [0.15, 0.2) is 35.0 Å². The standard InChI is InChI=1S/C13H15N5O/c1-17-6-5-15-12(17)8-18(2)13-16-10-4-3-9(14)7-11(10)19-13/h3-7H,8,14H2,1-2H3. The summed E-state index contributed by atoms with van der Waals surface area (Å²) >= 11 is 0. The van der Waals surface area contributed by atoms with E-state index in [1.54, 1.807) is 12.3 Å². The Morgan fingerprint density at radius 1 is 1.42 bits per heavy atom. The van der Waals surface area contributed by atoms with Crippen LogP contribution in [-0.4, -0.2) is 21.6 Å². The van der Waals surface area contributed by atoms with Crippen molar-refractivity contribution in [1.29, 1.82) is 0 Å². The second-order valence-electron chi connectivity index (χ2n) is 4.53. The average molecular weight is 257 g/mol. The molecule has 0 unspecified atom stereocenters. The highest BCUT2D eigenvalue weighted by atomic mass is 16.4. The maximum Gasteiger partial charge on any atom is 0.298 e. The second kappa shape index (κ2) is 4.31. The molecule has 98 valence electrons. The van der Waals surface area contributed by atoms with Crippen LogP contribution in [0.3, 0.4) is 0 Å². The highest BCUT2D eigenvalue weighted by molar-refractivity contribution is 5.78. The first-order valence-electron chi connectivity index (χ1n) is 5.97. The third kappa shape index (κ3) is 2.12. The molecule has 0 saturated heterocycles. The monoisotopic (exact) mass is 257 g/mol. The Morgan fingerprint density at radius 3 is 3.00 bits per heavy atom. The molecule has 0 atom stereocenters. The van der Waals surface area contributed by atoms with E-state index in [0.717, 1.165) is 11.3 Å². The van der Waals surface area contributed by atoms with E-state index in [2.05, 4.69) is 9.97 Å². The topological polar surface area (TPSA) is 73.1 Å². The summed E-state index contributed by atoms with van der Waals surface area (Å²) in [6.07, 6.45) is 3.69. The van der Waals surface area contributed by atoms with Gasteiger partial charge in [-0.1, -0.05) is 0 Å². The molecule has 0 amide bonds. The van der Waals surface area contributed by atoms with Gasteiger partial charge in [-0.05, 0) is 12.1 Å². The summed E-state index contributed by atoms with van der Waals surface area (Å²) in [5.41, 5.74) is 7.89. The van der Waals surface area contributed by atoms with E-state index >= 15 is 0 Å². The van der Waals surface area contributed by atoms with Crippen LogP contribution in [0.5, 0.6) is 0 Å². The summed E-state index contributed by atoms with van der Waals surface area (Å²) in [5.74, 6) is 0.948. The van der Waals surface area contributed by atoms with Gasteiger partial charge >= 0.3 is 0 Å². The van der Waals surface area contributed by atoms with E-state index in [9.17, 15) is 0 Å². The summed E-state index contributed by atoms with van der Waals surface area (Å²) < 4.78 is 7.67. The fourth-order valence-corrected chi connectivity index (χ4v) is 1.92. The summed E-state index contributed by atoms with van der Waals surface area (Å²) in [7, 11) is 3.88. The maximum absolute atomic E-state index is 5.72. The maximum atomic E-state index is 5.72. The van der Waals surface area contributed by atoms with Gasteiger partial charge < -0.3 is 19.6 Å². The molecule has 0 radical (unpaired) electrons. The van der Waals surface area contributed by atoms with E-state index in [4.69, 9.17) is 10.2 Å². The van der Waals surface area contributed by atoms with Crippen molar-refractivity contribution in [2.24, 2.45) is 7.05 Å². The van der Waals surface area contributed by atoms with E-state index in [-0.39, 0.29) is 0 Å². The third-order valence-electron chi connectivity index (χ3n) is 3.03. The number of hydrogen-bond donors (Lipinski definition) is 1. The Morgan fingerprint density at radius 2 is 2.26 bits per heavy atom. The third-order valence-corrected chi connectivity index (χ3v) is 3.03. The van der Waals surface area contributed by atoms with Gasteiger partial charge in [0.2, 0.25) is 0 Å². The minimum atomic E-state index is 0.559. The van der Waals surface area contributed by atoms with Crippen molar-refractivity contribution in [1.82, 2.24) is 14.5 Å². The second-order valence-corrected chi connectivity index (χ2v) is 4.53. The van der Waals surface area contributed by atoms with Gasteiger partial charge in [-0.2, -0.15) is 4.98 Å². The van der Waals surface area contributed by atoms with Crippen molar-refractivity contribution in [2.45, 2.75) is 6.54 Å². The molecular weight excluding hydrogens is 242 g/mol. The van der Waals surface area contributed by atoms with Crippen LogP contribution in [-0.2, 0) is 13.6 Å². The highest BCUT2D eigenvalue weighted by Crippen LogP contribution is 2.23. The van der Waals surface area contributed by atoms with Crippen LogP contribution < -0.4 is 10.6 Å². The van der Waals surface area contributed by atoms with E-state index in [1.165, 1.54) is 0 Å². The highest BCUT2D eigenvalue weighted by Gasteiger charge is 2.12. The molecule has 0 bridgehead atoms. The number of nitrogens with two attached hydrogens (primary N) is 1. The molecule has 6 heteroatoms. The molecule has 1 aromatic carbocycles. The van der Waals surface area contributed by atoms with Crippen molar-refractivity contribution >= 4 is 22.8 Å². The number of nitrogen functional groups attached to an aromatic ring is 1. The van der Waals surface area contributed by atoms with Gasteiger partial charge in [-0.25, -0.2) is 4.98 Å². The van der Waals surface area contributed by atoms with Gasteiger partial charge in [-0.3, -0.25) is 0 Å². The van der Waals surface area contributed by atoms with Gasteiger partial charge in [0.15, 0.2) is 5.58 Å². The zero-order valence-corrected chi connectivity index (χ0v) is 10.9. The van der Waals surface area contributed by atoms with Gasteiger partial charge in [0.1, 0.15) is 11.3 Å². The Hall–Kier alpha value is -2.50. The van der Waals surface area contributed by atoms with E-state index in [1.807, 2.05) is 41.9 Å². The van der Waals surface area contributed by atoms with E-state index < -0.39 is 0 Å².